The molecule has 0 saturated heterocycles. The van der Waals surface area contributed by atoms with E-state index in [1.807, 2.05) is 0 Å². The van der Waals surface area contributed by atoms with Crippen LogP contribution in [0.3, 0.4) is 0 Å². The van der Waals surface area contributed by atoms with Crippen molar-refractivity contribution in [3.8, 4) is 0 Å². The number of fused-ring (bicyclic) bond motifs is 7. The van der Waals surface area contributed by atoms with Crippen LogP contribution in [-0.2, 0) is 21.7 Å². The van der Waals surface area contributed by atoms with Crippen molar-refractivity contribution in [2.24, 2.45) is 4.99 Å². The fourth-order valence-electron chi connectivity index (χ4n) is 5.16. The van der Waals surface area contributed by atoms with Crippen molar-refractivity contribution >= 4 is 5.71 Å². The van der Waals surface area contributed by atoms with Gasteiger partial charge < -0.3 is 15.0 Å². The van der Waals surface area contributed by atoms with Gasteiger partial charge in [-0.15, -0.1) is 0 Å². The molecular formula is C28H36N4. The van der Waals surface area contributed by atoms with E-state index in [9.17, 15) is 0 Å². The van der Waals surface area contributed by atoms with Crippen LogP contribution in [0.5, 0.6) is 0 Å². The predicted molar refractivity (Wildman–Crippen MR) is 133 cm³/mol. The Kier molecular flexibility index (Phi) is 4.22. The summed E-state index contributed by atoms with van der Waals surface area (Å²) in [6.45, 7) is 18.2. The van der Waals surface area contributed by atoms with E-state index in [4.69, 9.17) is 4.99 Å². The topological polar surface area (TPSA) is 59.7 Å². The Labute approximate surface area is 191 Å². The van der Waals surface area contributed by atoms with E-state index in [0.29, 0.717) is 0 Å². The van der Waals surface area contributed by atoms with E-state index in [1.165, 1.54) is 34.2 Å². The van der Waals surface area contributed by atoms with Crippen molar-refractivity contribution in [2.45, 2.75) is 83.1 Å². The minimum Gasteiger partial charge on any atom is -0.361 e. The molecule has 5 heterocycles. The highest BCUT2D eigenvalue weighted by molar-refractivity contribution is 6.04. The summed E-state index contributed by atoms with van der Waals surface area (Å²) in [6, 6.07) is 13.5. The molecule has 32 heavy (non-hydrogen) atoms. The number of allylic oxidation sites excluding steroid dienone is 1. The molecule has 8 bridgehead atoms. The molecule has 0 radical (unpaired) electrons. The van der Waals surface area contributed by atoms with E-state index in [0.717, 1.165) is 5.71 Å². The molecule has 0 aliphatic carbocycles. The number of nitrogens with one attached hydrogen (secondary N) is 3. The second kappa shape index (κ2) is 6.40. The number of aromatic amines is 3. The molecule has 1 atom stereocenters. The standard InChI is InChI=1S/C28H36N4/c1-25(2)17-9-11-19(29-17)26(3,4)21-13-15-23(31-21)28(7,8)24-16-14-22(32-24)27(5,6)20-12-10-18(25)30-20/h9-17,30-32H,1-8H3. The largest absolute Gasteiger partial charge is 0.361 e. The number of rotatable bonds is 0. The van der Waals surface area contributed by atoms with Crippen LogP contribution in [0.25, 0.3) is 0 Å². The summed E-state index contributed by atoms with van der Waals surface area (Å²) < 4.78 is 0. The SMILES string of the molecule is CC1(C)C2=NC(C=C2)C(C)(C)c2ccc([nH]2)C(C)(C)c2ccc([nH]2)C(C)(C)c2ccc1[nH]2. The molecular weight excluding hydrogens is 392 g/mol. The maximum Gasteiger partial charge on any atom is 0.0792 e. The average Bonchev–Trinajstić information content (AvgIpc) is 3.53. The number of hydrogen-bond acceptors (Lipinski definition) is 1. The molecule has 4 heteroatoms. The van der Waals surface area contributed by atoms with Crippen LogP contribution < -0.4 is 0 Å². The summed E-state index contributed by atoms with van der Waals surface area (Å²) >= 11 is 0. The number of aliphatic imine (C=N–C) groups is 1. The lowest BCUT2D eigenvalue weighted by Crippen LogP contribution is -2.33. The Morgan fingerprint density at radius 2 is 0.938 bits per heavy atom. The highest BCUT2D eigenvalue weighted by Crippen LogP contribution is 2.40. The van der Waals surface area contributed by atoms with Gasteiger partial charge in [-0.2, -0.15) is 0 Å². The molecule has 0 amide bonds. The van der Waals surface area contributed by atoms with Crippen molar-refractivity contribution in [1.29, 1.82) is 0 Å². The van der Waals surface area contributed by atoms with Gasteiger partial charge in [-0.3, -0.25) is 4.99 Å². The molecule has 168 valence electrons. The second-order valence-corrected chi connectivity index (χ2v) is 11.8. The zero-order valence-corrected chi connectivity index (χ0v) is 20.6. The van der Waals surface area contributed by atoms with Gasteiger partial charge in [0.15, 0.2) is 0 Å². The molecule has 0 spiro atoms. The zero-order chi connectivity index (χ0) is 23.1. The monoisotopic (exact) mass is 428 g/mol. The Morgan fingerprint density at radius 3 is 1.41 bits per heavy atom. The molecule has 0 fully saturated rings. The van der Waals surface area contributed by atoms with Gasteiger partial charge in [0.1, 0.15) is 0 Å². The van der Waals surface area contributed by atoms with Crippen molar-refractivity contribution in [1.82, 2.24) is 15.0 Å². The van der Waals surface area contributed by atoms with Gasteiger partial charge in [0.2, 0.25) is 0 Å². The number of aromatic nitrogens is 3. The summed E-state index contributed by atoms with van der Waals surface area (Å²) in [4.78, 5) is 16.5. The fraction of sp³-hybridized carbons (Fsp3) is 0.464. The Balaban J connectivity index is 1.74. The molecule has 2 aliphatic rings. The minimum atomic E-state index is -0.198. The molecule has 4 nitrogen and oxygen atoms in total. The predicted octanol–water partition coefficient (Wildman–Crippen LogP) is 6.27. The lowest BCUT2D eigenvalue weighted by Gasteiger charge is -2.30. The van der Waals surface area contributed by atoms with Crippen molar-refractivity contribution < 1.29 is 0 Å². The summed E-state index contributed by atoms with van der Waals surface area (Å²) in [6.07, 6.45) is 4.49. The van der Waals surface area contributed by atoms with Gasteiger partial charge in [-0.25, -0.2) is 0 Å². The summed E-state index contributed by atoms with van der Waals surface area (Å²) in [7, 11) is 0. The first kappa shape index (κ1) is 21.1. The van der Waals surface area contributed by atoms with Gasteiger partial charge in [-0.05, 0) is 84.0 Å². The highest BCUT2D eigenvalue weighted by Gasteiger charge is 2.39. The average molecular weight is 429 g/mol. The normalized spacial score (nSPS) is 24.4. The van der Waals surface area contributed by atoms with E-state index < -0.39 is 0 Å². The Morgan fingerprint density at radius 1 is 0.562 bits per heavy atom. The number of H-pyrrole nitrogens is 3. The van der Waals surface area contributed by atoms with Crippen LogP contribution in [0.2, 0.25) is 0 Å². The third-order valence-corrected chi connectivity index (χ3v) is 8.21. The molecule has 1 unspecified atom stereocenters. The fourth-order valence-corrected chi connectivity index (χ4v) is 5.16. The lowest BCUT2D eigenvalue weighted by molar-refractivity contribution is 0.455. The number of nitrogens with zero attached hydrogens (tertiary/aromatic N) is 1. The van der Waals surface area contributed by atoms with Crippen LogP contribution in [0.1, 0.15) is 89.6 Å². The first-order valence-corrected chi connectivity index (χ1v) is 11.7. The van der Waals surface area contributed by atoms with E-state index in [1.54, 1.807) is 0 Å². The molecule has 0 saturated carbocycles. The Bertz CT molecular complexity index is 1240. The van der Waals surface area contributed by atoms with Crippen LogP contribution in [-0.4, -0.2) is 26.7 Å². The minimum absolute atomic E-state index is 0.0993. The van der Waals surface area contributed by atoms with Crippen LogP contribution in [0.15, 0.2) is 53.5 Å². The molecule has 3 N–H and O–H groups in total. The van der Waals surface area contributed by atoms with Gasteiger partial charge in [0, 0.05) is 61.5 Å². The van der Waals surface area contributed by atoms with E-state index >= 15 is 0 Å². The zero-order valence-electron chi connectivity index (χ0n) is 20.6. The molecule has 2 aliphatic heterocycles. The van der Waals surface area contributed by atoms with Crippen molar-refractivity contribution in [2.75, 3.05) is 0 Å². The quantitative estimate of drug-likeness (QED) is 0.378. The van der Waals surface area contributed by atoms with Crippen LogP contribution in [0, 0.1) is 0 Å². The summed E-state index contributed by atoms with van der Waals surface area (Å²) in [5, 5.41) is 0. The van der Waals surface area contributed by atoms with Crippen LogP contribution >= 0.6 is 0 Å². The van der Waals surface area contributed by atoms with Gasteiger partial charge in [0.25, 0.3) is 0 Å². The van der Waals surface area contributed by atoms with E-state index in [2.05, 4.69) is 119 Å². The van der Waals surface area contributed by atoms with Crippen molar-refractivity contribution in [3.05, 3.63) is 82.7 Å². The molecule has 3 aromatic rings. The first-order chi connectivity index (χ1) is 14.8. The van der Waals surface area contributed by atoms with Gasteiger partial charge in [0.05, 0.1) is 6.04 Å². The van der Waals surface area contributed by atoms with Gasteiger partial charge in [-0.1, -0.05) is 19.9 Å². The third-order valence-electron chi connectivity index (χ3n) is 8.21. The maximum atomic E-state index is 5.23. The molecule has 5 rings (SSSR count). The third kappa shape index (κ3) is 2.84. The second-order valence-electron chi connectivity index (χ2n) is 11.8. The highest BCUT2D eigenvalue weighted by atomic mass is 14.9. The first-order valence-electron chi connectivity index (χ1n) is 11.7. The van der Waals surface area contributed by atoms with Gasteiger partial charge >= 0.3 is 0 Å². The van der Waals surface area contributed by atoms with Crippen molar-refractivity contribution in [3.63, 3.8) is 0 Å². The van der Waals surface area contributed by atoms with E-state index in [-0.39, 0.29) is 27.7 Å². The molecule has 0 aromatic carbocycles. The number of hydrogen-bond donors (Lipinski definition) is 3. The smallest absolute Gasteiger partial charge is 0.0792 e. The maximum absolute atomic E-state index is 5.23. The lowest BCUT2D eigenvalue weighted by atomic mass is 9.82. The molecule has 3 aromatic heterocycles. The summed E-state index contributed by atoms with van der Waals surface area (Å²) in [5.41, 5.74) is 7.73. The summed E-state index contributed by atoms with van der Waals surface area (Å²) in [5.74, 6) is 0. The van der Waals surface area contributed by atoms with Crippen LogP contribution in [0.4, 0.5) is 0 Å². The Hall–Kier alpha value is -2.75.